The third-order valence-electron chi connectivity index (χ3n) is 6.25. The molecular weight excluding hydrogens is 332 g/mol. The van der Waals surface area contributed by atoms with Gasteiger partial charge in [-0.15, -0.1) is 0 Å². The predicted octanol–water partition coefficient (Wildman–Crippen LogP) is 6.61. The number of aliphatic imine (C=N–C) groups is 1. The van der Waals surface area contributed by atoms with Crippen LogP contribution in [0.15, 0.2) is 17.1 Å². The lowest BCUT2D eigenvalue weighted by atomic mass is 10.0. The number of unbranched alkanes of at least 4 members (excludes halogenated alkanes) is 13. The SMILES string of the molecule is CCCCCCCCCCCCCCC/C=C/C1=NCC[N+]1(CC)C(C)O. The van der Waals surface area contributed by atoms with E-state index in [1.54, 1.807) is 0 Å². The first-order valence-corrected chi connectivity index (χ1v) is 11.9. The van der Waals surface area contributed by atoms with E-state index in [0.29, 0.717) is 4.48 Å². The van der Waals surface area contributed by atoms with Crippen molar-refractivity contribution >= 4 is 5.84 Å². The van der Waals surface area contributed by atoms with E-state index < -0.39 is 0 Å². The molecule has 0 fully saturated rings. The lowest BCUT2D eigenvalue weighted by Gasteiger charge is -2.35. The number of hydrogen-bond donors (Lipinski definition) is 1. The quantitative estimate of drug-likeness (QED) is 0.224. The van der Waals surface area contributed by atoms with Gasteiger partial charge in [-0.05, 0) is 19.8 Å². The molecule has 2 atom stereocenters. The number of amidine groups is 1. The van der Waals surface area contributed by atoms with Gasteiger partial charge in [-0.2, -0.15) is 0 Å². The summed E-state index contributed by atoms with van der Waals surface area (Å²) in [4.78, 5) is 4.63. The Kier molecular flexibility index (Phi) is 13.8. The van der Waals surface area contributed by atoms with Gasteiger partial charge in [-0.25, -0.2) is 9.48 Å². The van der Waals surface area contributed by atoms with Crippen molar-refractivity contribution in [3.8, 4) is 0 Å². The summed E-state index contributed by atoms with van der Waals surface area (Å²) in [5, 5.41) is 10.2. The zero-order valence-electron chi connectivity index (χ0n) is 18.6. The van der Waals surface area contributed by atoms with Crippen molar-refractivity contribution in [2.24, 2.45) is 4.99 Å². The molecule has 0 amide bonds. The molecule has 0 aromatic heterocycles. The second-order valence-corrected chi connectivity index (χ2v) is 8.38. The van der Waals surface area contributed by atoms with Gasteiger partial charge in [0.15, 0.2) is 6.23 Å². The fraction of sp³-hybridized carbons (Fsp3) is 0.875. The van der Waals surface area contributed by atoms with Crippen molar-refractivity contribution in [1.82, 2.24) is 0 Å². The van der Waals surface area contributed by atoms with Crippen LogP contribution in [0.1, 0.15) is 111 Å². The largest absolute Gasteiger partial charge is 0.345 e. The molecule has 0 aromatic carbocycles. The fourth-order valence-corrected chi connectivity index (χ4v) is 4.23. The summed E-state index contributed by atoms with van der Waals surface area (Å²) in [6.45, 7) is 9.02. The highest BCUT2D eigenvalue weighted by Crippen LogP contribution is 2.20. The molecule has 1 aliphatic heterocycles. The summed E-state index contributed by atoms with van der Waals surface area (Å²) >= 11 is 0. The van der Waals surface area contributed by atoms with Gasteiger partial charge in [-0.1, -0.05) is 90.0 Å². The lowest BCUT2D eigenvalue weighted by Crippen LogP contribution is -2.56. The molecule has 27 heavy (non-hydrogen) atoms. The molecule has 0 bridgehead atoms. The van der Waals surface area contributed by atoms with E-state index in [-0.39, 0.29) is 6.23 Å². The Morgan fingerprint density at radius 2 is 1.41 bits per heavy atom. The Morgan fingerprint density at radius 1 is 0.889 bits per heavy atom. The van der Waals surface area contributed by atoms with Gasteiger partial charge < -0.3 is 5.11 Å². The zero-order valence-corrected chi connectivity index (χ0v) is 18.6. The maximum atomic E-state index is 10.2. The molecule has 0 aromatic rings. The van der Waals surface area contributed by atoms with E-state index in [4.69, 9.17) is 0 Å². The molecule has 0 saturated carbocycles. The van der Waals surface area contributed by atoms with Crippen molar-refractivity contribution in [2.75, 3.05) is 19.6 Å². The number of aliphatic hydroxyl groups excluding tert-OH is 1. The van der Waals surface area contributed by atoms with Gasteiger partial charge >= 0.3 is 0 Å². The number of hydrogen-bond acceptors (Lipinski definition) is 2. The number of likely N-dealkylation sites (N-methyl/N-ethyl adjacent to an activating group) is 1. The van der Waals surface area contributed by atoms with E-state index >= 15 is 0 Å². The van der Waals surface area contributed by atoms with Crippen molar-refractivity contribution in [2.45, 2.75) is 117 Å². The molecular formula is C24H47N2O+. The van der Waals surface area contributed by atoms with E-state index in [1.807, 2.05) is 6.92 Å². The van der Waals surface area contributed by atoms with Crippen molar-refractivity contribution in [1.29, 1.82) is 0 Å². The minimum Gasteiger partial charge on any atom is -0.345 e. The standard InChI is InChI=1S/C24H47N2O/c1-4-6-7-8-9-10-11-12-13-14-15-16-17-18-19-20-24-25-21-22-26(24,5-2)23(3)27/h19-20,23,27H,4-18,21-22H2,1-3H3/q+1/b20-19+. The third kappa shape index (κ3) is 9.38. The van der Waals surface area contributed by atoms with Gasteiger partial charge in [0, 0.05) is 13.0 Å². The first kappa shape index (κ1) is 24.4. The van der Waals surface area contributed by atoms with Crippen molar-refractivity contribution in [3.05, 3.63) is 12.2 Å². The van der Waals surface area contributed by atoms with Gasteiger partial charge in [0.25, 0.3) is 0 Å². The molecule has 0 aliphatic carbocycles. The number of nitrogens with zero attached hydrogens (tertiary/aromatic N) is 2. The molecule has 0 saturated heterocycles. The van der Waals surface area contributed by atoms with Gasteiger partial charge in [0.1, 0.15) is 6.54 Å². The van der Waals surface area contributed by atoms with Crippen LogP contribution < -0.4 is 0 Å². The summed E-state index contributed by atoms with van der Waals surface area (Å²) in [5.41, 5.74) is 0. The van der Waals surface area contributed by atoms with Crippen LogP contribution in [-0.4, -0.2) is 41.3 Å². The minimum atomic E-state index is -0.364. The van der Waals surface area contributed by atoms with Crippen LogP contribution in [-0.2, 0) is 0 Å². The molecule has 0 radical (unpaired) electrons. The maximum Gasteiger partial charge on any atom is 0.224 e. The fourth-order valence-electron chi connectivity index (χ4n) is 4.23. The van der Waals surface area contributed by atoms with Gasteiger partial charge in [0.05, 0.1) is 13.1 Å². The summed E-state index contributed by atoms with van der Waals surface area (Å²) in [6.07, 6.45) is 23.5. The monoisotopic (exact) mass is 379 g/mol. The number of rotatable bonds is 17. The molecule has 3 heteroatoms. The van der Waals surface area contributed by atoms with Crippen LogP contribution in [0.3, 0.4) is 0 Å². The predicted molar refractivity (Wildman–Crippen MR) is 119 cm³/mol. The normalized spacial score (nSPS) is 21.1. The molecule has 1 aliphatic rings. The van der Waals surface area contributed by atoms with E-state index in [9.17, 15) is 5.11 Å². The Bertz CT molecular complexity index is 417. The van der Waals surface area contributed by atoms with E-state index in [1.165, 1.54) is 83.5 Å². The molecule has 1 N–H and O–H groups in total. The first-order chi connectivity index (χ1) is 13.2. The third-order valence-corrected chi connectivity index (χ3v) is 6.25. The number of aliphatic hydroxyl groups is 1. The maximum absolute atomic E-state index is 10.2. The lowest BCUT2D eigenvalue weighted by molar-refractivity contribution is -0.880. The highest BCUT2D eigenvalue weighted by molar-refractivity contribution is 5.88. The van der Waals surface area contributed by atoms with Crippen molar-refractivity contribution < 1.29 is 9.59 Å². The summed E-state index contributed by atoms with van der Waals surface area (Å²) < 4.78 is 0.634. The second-order valence-electron chi connectivity index (χ2n) is 8.38. The Hall–Kier alpha value is -0.670. The molecule has 158 valence electrons. The molecule has 1 heterocycles. The number of allylic oxidation sites excluding steroid dienone is 1. The van der Waals surface area contributed by atoms with E-state index in [2.05, 4.69) is 31.0 Å². The van der Waals surface area contributed by atoms with Crippen LogP contribution in [0.4, 0.5) is 0 Å². The van der Waals surface area contributed by atoms with Crippen LogP contribution in [0.2, 0.25) is 0 Å². The Balaban J connectivity index is 1.96. The second kappa shape index (κ2) is 15.3. The minimum absolute atomic E-state index is 0.364. The van der Waals surface area contributed by atoms with Crippen LogP contribution in [0.5, 0.6) is 0 Å². The summed E-state index contributed by atoms with van der Waals surface area (Å²) in [5.74, 6) is 1.07. The smallest absolute Gasteiger partial charge is 0.224 e. The average Bonchev–Trinajstić information content (AvgIpc) is 3.09. The Morgan fingerprint density at radius 3 is 1.89 bits per heavy atom. The van der Waals surface area contributed by atoms with Crippen LogP contribution in [0, 0.1) is 0 Å². The zero-order chi connectivity index (χ0) is 19.8. The van der Waals surface area contributed by atoms with Crippen molar-refractivity contribution in [3.63, 3.8) is 0 Å². The topological polar surface area (TPSA) is 32.6 Å². The number of quaternary nitrogens is 1. The van der Waals surface area contributed by atoms with E-state index in [0.717, 1.165) is 31.9 Å². The average molecular weight is 380 g/mol. The highest BCUT2D eigenvalue weighted by Gasteiger charge is 2.39. The first-order valence-electron chi connectivity index (χ1n) is 11.9. The van der Waals surface area contributed by atoms with Crippen LogP contribution in [0.25, 0.3) is 0 Å². The molecule has 1 rings (SSSR count). The molecule has 3 nitrogen and oxygen atoms in total. The summed E-state index contributed by atoms with van der Waals surface area (Å²) in [6, 6.07) is 0. The van der Waals surface area contributed by atoms with Gasteiger partial charge in [0.2, 0.25) is 5.84 Å². The van der Waals surface area contributed by atoms with Gasteiger partial charge in [-0.3, -0.25) is 0 Å². The highest BCUT2D eigenvalue weighted by atomic mass is 16.3. The molecule has 0 spiro atoms. The van der Waals surface area contributed by atoms with Crippen LogP contribution >= 0.6 is 0 Å². The summed E-state index contributed by atoms with van der Waals surface area (Å²) in [7, 11) is 0. The molecule has 2 unspecified atom stereocenters. The Labute approximate surface area is 169 Å².